The molecule has 0 unspecified atom stereocenters. The summed E-state index contributed by atoms with van der Waals surface area (Å²) in [6, 6.07) is 8.24. The first-order chi connectivity index (χ1) is 9.95. The largest absolute Gasteiger partial charge is 0.437 e. The third kappa shape index (κ3) is 3.92. The van der Waals surface area contributed by atoms with Crippen molar-refractivity contribution in [2.75, 3.05) is 5.32 Å². The summed E-state index contributed by atoms with van der Waals surface area (Å²) in [6.45, 7) is 5.26. The number of para-hydroxylation sites is 2. The Morgan fingerprint density at radius 1 is 1.33 bits per heavy atom. The number of aromatic amines is 1. The minimum absolute atomic E-state index is 0.0758. The molecule has 0 fully saturated rings. The number of ether oxygens (including phenoxy) is 1. The summed E-state index contributed by atoms with van der Waals surface area (Å²) in [4.78, 5) is 29.7. The van der Waals surface area contributed by atoms with Gasteiger partial charge in [0.1, 0.15) is 5.82 Å². The average molecular weight is 287 g/mol. The summed E-state index contributed by atoms with van der Waals surface area (Å²) in [7, 11) is 0. The van der Waals surface area contributed by atoms with Crippen molar-refractivity contribution in [1.82, 2.24) is 9.97 Å². The highest BCUT2D eigenvalue weighted by molar-refractivity contribution is 5.90. The Labute approximate surface area is 122 Å². The number of H-pyrrole nitrogens is 1. The maximum Gasteiger partial charge on any atom is 0.254 e. The molecular weight excluding hydrogens is 270 g/mol. The van der Waals surface area contributed by atoms with Crippen molar-refractivity contribution in [1.29, 1.82) is 0 Å². The lowest BCUT2D eigenvalue weighted by Crippen LogP contribution is -2.12. The summed E-state index contributed by atoms with van der Waals surface area (Å²) < 4.78 is 5.64. The van der Waals surface area contributed by atoms with E-state index in [1.54, 1.807) is 24.3 Å². The molecule has 21 heavy (non-hydrogen) atoms. The number of anilines is 1. The van der Waals surface area contributed by atoms with Crippen LogP contribution in [0.25, 0.3) is 0 Å². The van der Waals surface area contributed by atoms with Crippen LogP contribution in [0.2, 0.25) is 0 Å². The van der Waals surface area contributed by atoms with E-state index in [2.05, 4.69) is 15.3 Å². The third-order valence-corrected chi connectivity index (χ3v) is 2.70. The van der Waals surface area contributed by atoms with Gasteiger partial charge in [-0.2, -0.15) is 4.98 Å². The first-order valence-electron chi connectivity index (χ1n) is 6.61. The molecule has 0 radical (unpaired) electrons. The van der Waals surface area contributed by atoms with Crippen LogP contribution in [0, 0.1) is 0 Å². The van der Waals surface area contributed by atoms with Gasteiger partial charge in [-0.3, -0.25) is 9.59 Å². The molecule has 0 spiro atoms. The average Bonchev–Trinajstić information content (AvgIpc) is 2.39. The van der Waals surface area contributed by atoms with Gasteiger partial charge < -0.3 is 15.0 Å². The molecule has 0 aliphatic rings. The minimum atomic E-state index is -0.277. The molecule has 1 aromatic carbocycles. The highest BCUT2D eigenvalue weighted by Gasteiger charge is 2.10. The van der Waals surface area contributed by atoms with Gasteiger partial charge in [-0.25, -0.2) is 0 Å². The van der Waals surface area contributed by atoms with Crippen molar-refractivity contribution in [3.05, 3.63) is 46.5 Å². The van der Waals surface area contributed by atoms with Crippen molar-refractivity contribution >= 4 is 11.6 Å². The van der Waals surface area contributed by atoms with Gasteiger partial charge in [0.25, 0.3) is 5.56 Å². The molecule has 1 aromatic heterocycles. The Morgan fingerprint density at radius 2 is 2.05 bits per heavy atom. The smallest absolute Gasteiger partial charge is 0.254 e. The lowest BCUT2D eigenvalue weighted by molar-refractivity contribution is -0.114. The lowest BCUT2D eigenvalue weighted by Gasteiger charge is -2.11. The van der Waals surface area contributed by atoms with Crippen LogP contribution in [-0.2, 0) is 4.79 Å². The Balaban J connectivity index is 2.34. The number of nitrogens with zero attached hydrogens (tertiary/aromatic N) is 1. The zero-order valence-electron chi connectivity index (χ0n) is 12.1. The summed E-state index contributed by atoms with van der Waals surface area (Å²) in [5.74, 6) is 1.05. The number of benzene rings is 1. The summed E-state index contributed by atoms with van der Waals surface area (Å²) in [5.41, 5.74) is 0.249. The fraction of sp³-hybridized carbons (Fsp3) is 0.267. The van der Waals surface area contributed by atoms with Crippen LogP contribution in [0.5, 0.6) is 11.6 Å². The third-order valence-electron chi connectivity index (χ3n) is 2.70. The Bertz CT molecular complexity index is 707. The molecule has 6 nitrogen and oxygen atoms in total. The van der Waals surface area contributed by atoms with E-state index in [0.717, 1.165) is 0 Å². The van der Waals surface area contributed by atoms with Gasteiger partial charge in [-0.05, 0) is 12.1 Å². The van der Waals surface area contributed by atoms with E-state index in [4.69, 9.17) is 4.74 Å². The molecule has 2 aromatic rings. The van der Waals surface area contributed by atoms with E-state index in [1.165, 1.54) is 13.0 Å². The zero-order chi connectivity index (χ0) is 15.4. The first kappa shape index (κ1) is 14.8. The fourth-order valence-electron chi connectivity index (χ4n) is 1.74. The first-order valence-corrected chi connectivity index (χ1v) is 6.61. The summed E-state index contributed by atoms with van der Waals surface area (Å²) >= 11 is 0. The molecule has 0 atom stereocenters. The number of carbonyl (C=O) groups excluding carboxylic acids is 1. The van der Waals surface area contributed by atoms with Gasteiger partial charge in [0.15, 0.2) is 5.75 Å². The topological polar surface area (TPSA) is 84.1 Å². The zero-order valence-corrected chi connectivity index (χ0v) is 12.1. The van der Waals surface area contributed by atoms with Crippen LogP contribution in [0.3, 0.4) is 0 Å². The number of hydrogen-bond donors (Lipinski definition) is 2. The quantitative estimate of drug-likeness (QED) is 0.905. The number of rotatable bonds is 4. The van der Waals surface area contributed by atoms with E-state index in [0.29, 0.717) is 17.3 Å². The Hall–Kier alpha value is -2.63. The second-order valence-corrected chi connectivity index (χ2v) is 4.90. The Morgan fingerprint density at radius 3 is 2.71 bits per heavy atom. The molecule has 6 heteroatoms. The van der Waals surface area contributed by atoms with E-state index in [9.17, 15) is 9.59 Å². The normalized spacial score (nSPS) is 10.5. The number of hydrogen-bond acceptors (Lipinski definition) is 4. The molecule has 0 aliphatic carbocycles. The number of amides is 1. The van der Waals surface area contributed by atoms with Crippen LogP contribution in [0.15, 0.2) is 35.1 Å². The lowest BCUT2D eigenvalue weighted by atomic mass is 10.2. The molecule has 0 saturated carbocycles. The van der Waals surface area contributed by atoms with Crippen LogP contribution >= 0.6 is 0 Å². The fourth-order valence-corrected chi connectivity index (χ4v) is 1.74. The molecule has 1 amide bonds. The standard InChI is InChI=1S/C15H17N3O3/c1-9(2)15-17-13(20)8-14(18-15)21-12-7-5-4-6-11(12)16-10(3)19/h4-9H,1-3H3,(H,16,19)(H,17,18,20). The van der Waals surface area contributed by atoms with Crippen LogP contribution < -0.4 is 15.6 Å². The molecule has 110 valence electrons. The summed E-state index contributed by atoms with van der Waals surface area (Å²) in [6.07, 6.45) is 0. The Kier molecular flexibility index (Phi) is 4.37. The number of nitrogens with one attached hydrogen (secondary N) is 2. The monoisotopic (exact) mass is 287 g/mol. The minimum Gasteiger partial charge on any atom is -0.437 e. The van der Waals surface area contributed by atoms with E-state index < -0.39 is 0 Å². The second-order valence-electron chi connectivity index (χ2n) is 4.90. The van der Waals surface area contributed by atoms with Crippen molar-refractivity contribution in [2.45, 2.75) is 26.7 Å². The van der Waals surface area contributed by atoms with Gasteiger partial charge in [0.05, 0.1) is 11.8 Å². The molecule has 0 aliphatic heterocycles. The number of aromatic nitrogens is 2. The van der Waals surface area contributed by atoms with Gasteiger partial charge in [0, 0.05) is 12.8 Å². The van der Waals surface area contributed by atoms with Crippen molar-refractivity contribution < 1.29 is 9.53 Å². The number of carbonyl (C=O) groups is 1. The maximum atomic E-state index is 11.6. The SMILES string of the molecule is CC(=O)Nc1ccccc1Oc1cc(=O)[nH]c(C(C)C)n1. The van der Waals surface area contributed by atoms with Crippen molar-refractivity contribution in [3.63, 3.8) is 0 Å². The van der Waals surface area contributed by atoms with Crippen LogP contribution in [0.1, 0.15) is 32.5 Å². The predicted octanol–water partition coefficient (Wildman–Crippen LogP) is 2.64. The molecule has 0 saturated heterocycles. The summed E-state index contributed by atoms with van der Waals surface area (Å²) in [5, 5.41) is 2.67. The molecule has 2 rings (SSSR count). The van der Waals surface area contributed by atoms with Crippen LogP contribution in [-0.4, -0.2) is 15.9 Å². The highest BCUT2D eigenvalue weighted by Crippen LogP contribution is 2.28. The van der Waals surface area contributed by atoms with Gasteiger partial charge in [-0.1, -0.05) is 26.0 Å². The van der Waals surface area contributed by atoms with Crippen molar-refractivity contribution in [3.8, 4) is 11.6 Å². The molecular formula is C15H17N3O3. The molecule has 1 heterocycles. The highest BCUT2D eigenvalue weighted by atomic mass is 16.5. The van der Waals surface area contributed by atoms with Gasteiger partial charge >= 0.3 is 0 Å². The van der Waals surface area contributed by atoms with E-state index >= 15 is 0 Å². The molecule has 2 N–H and O–H groups in total. The predicted molar refractivity (Wildman–Crippen MR) is 79.8 cm³/mol. The van der Waals surface area contributed by atoms with Crippen molar-refractivity contribution in [2.24, 2.45) is 0 Å². The second kappa shape index (κ2) is 6.21. The maximum absolute atomic E-state index is 11.6. The molecule has 0 bridgehead atoms. The van der Waals surface area contributed by atoms with Gasteiger partial charge in [-0.15, -0.1) is 0 Å². The van der Waals surface area contributed by atoms with E-state index in [-0.39, 0.29) is 23.3 Å². The van der Waals surface area contributed by atoms with Gasteiger partial charge in [0.2, 0.25) is 11.8 Å². The van der Waals surface area contributed by atoms with E-state index in [1.807, 2.05) is 13.8 Å². The van der Waals surface area contributed by atoms with Crippen LogP contribution in [0.4, 0.5) is 5.69 Å².